The van der Waals surface area contributed by atoms with Gasteiger partial charge in [-0.3, -0.25) is 4.90 Å². The van der Waals surface area contributed by atoms with Gasteiger partial charge >= 0.3 is 0 Å². The predicted molar refractivity (Wildman–Crippen MR) is 132 cm³/mol. The largest absolute Gasteiger partial charge is 0.384 e. The van der Waals surface area contributed by atoms with Gasteiger partial charge in [0, 0.05) is 35.2 Å². The van der Waals surface area contributed by atoms with Crippen molar-refractivity contribution in [3.63, 3.8) is 0 Å². The summed E-state index contributed by atoms with van der Waals surface area (Å²) in [6.45, 7) is 3.50. The minimum atomic E-state index is 0.458. The number of nitrogens with two attached hydrogens (primary N) is 1. The van der Waals surface area contributed by atoms with Crippen LogP contribution in [0.25, 0.3) is 33.3 Å². The van der Waals surface area contributed by atoms with E-state index in [1.54, 1.807) is 0 Å². The van der Waals surface area contributed by atoms with Crippen molar-refractivity contribution in [3.8, 4) is 11.3 Å². The lowest BCUT2D eigenvalue weighted by atomic mass is 10.1. The number of pyridine rings is 1. The molecular weight excluding hydrogens is 443 g/mol. The zero-order valence-electron chi connectivity index (χ0n) is 17.7. The Kier molecular flexibility index (Phi) is 5.29. The van der Waals surface area contributed by atoms with Crippen LogP contribution in [0.4, 0.5) is 5.82 Å². The number of hydrogen-bond donors (Lipinski definition) is 3. The number of nitrogens with zero attached hydrogens (tertiary/aromatic N) is 3. The van der Waals surface area contributed by atoms with Gasteiger partial charge in [0.25, 0.3) is 0 Å². The summed E-state index contributed by atoms with van der Waals surface area (Å²) in [4.78, 5) is 17.8. The van der Waals surface area contributed by atoms with Crippen LogP contribution in [0.2, 0.25) is 10.0 Å². The highest BCUT2D eigenvalue weighted by atomic mass is 35.5. The smallest absolute Gasteiger partial charge is 0.160 e. The summed E-state index contributed by atoms with van der Waals surface area (Å²) in [6.07, 6.45) is 0. The van der Waals surface area contributed by atoms with Gasteiger partial charge in [-0.2, -0.15) is 0 Å². The molecule has 0 saturated carbocycles. The van der Waals surface area contributed by atoms with Gasteiger partial charge in [-0.15, -0.1) is 0 Å². The van der Waals surface area contributed by atoms with E-state index in [1.165, 1.54) is 5.56 Å². The van der Waals surface area contributed by atoms with Crippen LogP contribution in [0.1, 0.15) is 17.0 Å². The molecule has 6 nitrogen and oxygen atoms in total. The van der Waals surface area contributed by atoms with Gasteiger partial charge < -0.3 is 15.7 Å². The van der Waals surface area contributed by atoms with Crippen molar-refractivity contribution in [1.29, 1.82) is 0 Å². The maximum atomic E-state index is 6.15. The number of nitrogens with one attached hydrogen (secondary N) is 2. The molecule has 0 radical (unpaired) electrons. The fourth-order valence-corrected chi connectivity index (χ4v) is 4.39. The van der Waals surface area contributed by atoms with Crippen LogP contribution in [0.5, 0.6) is 0 Å². The summed E-state index contributed by atoms with van der Waals surface area (Å²) in [5.74, 6) is 1.27. The number of benzene rings is 2. The molecule has 162 valence electrons. The first-order valence-electron chi connectivity index (χ1n) is 10.2. The molecule has 0 amide bonds. The second-order valence-corrected chi connectivity index (χ2v) is 8.95. The number of aryl methyl sites for hydroxylation is 1. The minimum absolute atomic E-state index is 0.458. The molecule has 4 N–H and O–H groups in total. The molecular formula is C24H22Cl2N6. The third kappa shape index (κ3) is 4.05. The quantitative estimate of drug-likeness (QED) is 0.300. The number of hydrogen-bond acceptors (Lipinski definition) is 4. The van der Waals surface area contributed by atoms with E-state index in [0.29, 0.717) is 21.5 Å². The number of halogens is 2. The molecule has 3 aromatic heterocycles. The fourth-order valence-electron chi connectivity index (χ4n) is 4.07. The molecule has 0 aliphatic carbocycles. The first kappa shape index (κ1) is 20.8. The zero-order valence-corrected chi connectivity index (χ0v) is 19.2. The van der Waals surface area contributed by atoms with Gasteiger partial charge in [0.05, 0.1) is 10.0 Å². The molecule has 0 unspecified atom stereocenters. The van der Waals surface area contributed by atoms with Crippen LogP contribution in [0, 0.1) is 6.92 Å². The third-order valence-electron chi connectivity index (χ3n) is 5.46. The van der Waals surface area contributed by atoms with Crippen LogP contribution in [-0.4, -0.2) is 31.9 Å². The predicted octanol–water partition coefficient (Wildman–Crippen LogP) is 5.94. The summed E-state index contributed by atoms with van der Waals surface area (Å²) in [5.41, 5.74) is 12.8. The second kappa shape index (κ2) is 8.13. The van der Waals surface area contributed by atoms with Crippen molar-refractivity contribution in [1.82, 2.24) is 24.8 Å². The first-order chi connectivity index (χ1) is 15.4. The number of anilines is 1. The van der Waals surface area contributed by atoms with E-state index in [0.717, 1.165) is 52.2 Å². The maximum absolute atomic E-state index is 6.15. The highest BCUT2D eigenvalue weighted by Crippen LogP contribution is 2.31. The topological polar surface area (TPSA) is 86.6 Å². The van der Waals surface area contributed by atoms with Crippen molar-refractivity contribution in [2.75, 3.05) is 12.8 Å². The molecule has 0 aliphatic heterocycles. The van der Waals surface area contributed by atoms with E-state index >= 15 is 0 Å². The van der Waals surface area contributed by atoms with Crippen LogP contribution >= 0.6 is 23.2 Å². The normalized spacial score (nSPS) is 11.8. The second-order valence-electron chi connectivity index (χ2n) is 8.14. The van der Waals surface area contributed by atoms with Crippen molar-refractivity contribution in [3.05, 3.63) is 75.5 Å². The van der Waals surface area contributed by atoms with Crippen molar-refractivity contribution >= 4 is 51.1 Å². The Morgan fingerprint density at radius 2 is 1.66 bits per heavy atom. The van der Waals surface area contributed by atoms with E-state index < -0.39 is 0 Å². The number of rotatable bonds is 5. The molecule has 0 saturated heterocycles. The Labute approximate surface area is 195 Å². The van der Waals surface area contributed by atoms with Gasteiger partial charge in [0.15, 0.2) is 5.65 Å². The van der Waals surface area contributed by atoms with Crippen LogP contribution < -0.4 is 5.73 Å². The third-order valence-corrected chi connectivity index (χ3v) is 6.19. The van der Waals surface area contributed by atoms with E-state index in [4.69, 9.17) is 28.9 Å². The average Bonchev–Trinajstić information content (AvgIpc) is 3.32. The Balaban J connectivity index is 1.41. The molecule has 0 bridgehead atoms. The van der Waals surface area contributed by atoms with E-state index in [2.05, 4.69) is 56.1 Å². The van der Waals surface area contributed by atoms with Gasteiger partial charge in [-0.05, 0) is 61.5 Å². The number of H-pyrrole nitrogens is 2. The highest BCUT2D eigenvalue weighted by Gasteiger charge is 2.13. The summed E-state index contributed by atoms with van der Waals surface area (Å²) in [7, 11) is 2.09. The molecule has 0 spiro atoms. The molecule has 0 aliphatic rings. The monoisotopic (exact) mass is 464 g/mol. The van der Waals surface area contributed by atoms with Gasteiger partial charge in [0.1, 0.15) is 17.2 Å². The molecule has 8 heteroatoms. The lowest BCUT2D eigenvalue weighted by molar-refractivity contribution is 0.319. The number of aromatic nitrogens is 4. The zero-order chi connectivity index (χ0) is 22.4. The molecule has 0 fully saturated rings. The van der Waals surface area contributed by atoms with E-state index in [9.17, 15) is 0 Å². The summed E-state index contributed by atoms with van der Waals surface area (Å²) in [6, 6.07) is 16.2. The minimum Gasteiger partial charge on any atom is -0.384 e. The molecule has 32 heavy (non-hydrogen) atoms. The Hall–Kier alpha value is -3.06. The summed E-state index contributed by atoms with van der Waals surface area (Å²) in [5, 5.41) is 2.29. The molecule has 5 rings (SSSR count). The Bertz CT molecular complexity index is 1450. The van der Waals surface area contributed by atoms with Crippen LogP contribution in [0.15, 0.2) is 48.5 Å². The molecule has 2 aromatic carbocycles. The number of aromatic amines is 2. The fraction of sp³-hybridized carbons (Fsp3) is 0.167. The lowest BCUT2D eigenvalue weighted by Gasteiger charge is -2.17. The average molecular weight is 465 g/mol. The Morgan fingerprint density at radius 3 is 2.44 bits per heavy atom. The van der Waals surface area contributed by atoms with Gasteiger partial charge in [0.2, 0.25) is 0 Å². The number of imidazole rings is 1. The van der Waals surface area contributed by atoms with Crippen LogP contribution in [0.3, 0.4) is 0 Å². The Morgan fingerprint density at radius 1 is 0.906 bits per heavy atom. The van der Waals surface area contributed by atoms with E-state index in [-0.39, 0.29) is 0 Å². The lowest BCUT2D eigenvalue weighted by Crippen LogP contribution is -2.17. The SMILES string of the molecule is Cc1nc2c(-c3cc4cc(CN(C)Cc5ccc(Cl)c(Cl)c5)ccc4[nH]3)cc(N)nc2[nH]1. The summed E-state index contributed by atoms with van der Waals surface area (Å²) < 4.78 is 0. The highest BCUT2D eigenvalue weighted by molar-refractivity contribution is 6.42. The standard InChI is InChI=1S/C24H22Cl2N6/c1-13-28-23-17(10-22(27)31-24(23)29-13)21-9-16-7-14(4-6-20(16)30-21)11-32(2)12-15-3-5-18(25)19(26)8-15/h3-10,30H,11-12H2,1-2H3,(H3,27,28,29,31). The van der Waals surface area contributed by atoms with Crippen molar-refractivity contribution < 1.29 is 0 Å². The van der Waals surface area contributed by atoms with Crippen molar-refractivity contribution in [2.45, 2.75) is 20.0 Å². The summed E-state index contributed by atoms with van der Waals surface area (Å²) >= 11 is 12.2. The van der Waals surface area contributed by atoms with Crippen molar-refractivity contribution in [2.24, 2.45) is 0 Å². The van der Waals surface area contributed by atoms with E-state index in [1.807, 2.05) is 31.2 Å². The maximum Gasteiger partial charge on any atom is 0.160 e. The van der Waals surface area contributed by atoms with Gasteiger partial charge in [-0.1, -0.05) is 35.3 Å². The van der Waals surface area contributed by atoms with Gasteiger partial charge in [-0.25, -0.2) is 9.97 Å². The van der Waals surface area contributed by atoms with Crippen LogP contribution in [-0.2, 0) is 13.1 Å². The number of fused-ring (bicyclic) bond motifs is 2. The molecule has 3 heterocycles. The molecule has 5 aromatic rings. The number of nitrogen functional groups attached to an aromatic ring is 1. The molecule has 0 atom stereocenters. The first-order valence-corrected chi connectivity index (χ1v) is 11.0.